The number of aliphatic imine (C=N–C) groups is 1. The van der Waals surface area contributed by atoms with E-state index in [0.717, 1.165) is 44.7 Å². The zero-order valence-electron chi connectivity index (χ0n) is 16.9. The number of nitrogens with one attached hydrogen (secondary N) is 2. The first-order valence-electron chi connectivity index (χ1n) is 10.0. The number of guanidine groups is 1. The van der Waals surface area contributed by atoms with Crippen LogP contribution in [0.5, 0.6) is 0 Å². The molecular weight excluding hydrogens is 471 g/mol. The Morgan fingerprint density at radius 2 is 1.96 bits per heavy atom. The maximum atomic E-state index is 5.55. The molecule has 154 valence electrons. The largest absolute Gasteiger partial charge is 0.379 e. The summed E-state index contributed by atoms with van der Waals surface area (Å²) in [7, 11) is 1.87. The number of morpholine rings is 1. The van der Waals surface area contributed by atoms with Crippen molar-refractivity contribution >= 4 is 41.3 Å². The molecule has 1 aromatic rings. The van der Waals surface area contributed by atoms with Crippen LogP contribution in [0, 0.1) is 12.8 Å². The molecule has 5 nitrogen and oxygen atoms in total. The molecule has 0 bridgehead atoms. The SMILES string of the molecule is CN=C(NCC(c1ccc(C)s1)N1CCOCC1)NC1CCC(C)CC1.I. The van der Waals surface area contributed by atoms with Gasteiger partial charge in [-0.05, 0) is 50.7 Å². The van der Waals surface area contributed by atoms with E-state index in [1.54, 1.807) is 0 Å². The Morgan fingerprint density at radius 3 is 2.56 bits per heavy atom. The highest BCUT2D eigenvalue weighted by molar-refractivity contribution is 14.0. The van der Waals surface area contributed by atoms with Gasteiger partial charge in [-0.3, -0.25) is 9.89 Å². The van der Waals surface area contributed by atoms with Crippen molar-refractivity contribution in [3.8, 4) is 0 Å². The zero-order valence-corrected chi connectivity index (χ0v) is 20.0. The van der Waals surface area contributed by atoms with Crippen molar-refractivity contribution in [1.82, 2.24) is 15.5 Å². The number of halogens is 1. The Kier molecular flexibility index (Phi) is 9.82. The summed E-state index contributed by atoms with van der Waals surface area (Å²) in [6.45, 7) is 9.07. The van der Waals surface area contributed by atoms with E-state index >= 15 is 0 Å². The summed E-state index contributed by atoms with van der Waals surface area (Å²) < 4.78 is 5.55. The smallest absolute Gasteiger partial charge is 0.191 e. The number of hydrogen-bond donors (Lipinski definition) is 2. The first-order valence-corrected chi connectivity index (χ1v) is 10.8. The summed E-state index contributed by atoms with van der Waals surface area (Å²) >= 11 is 1.90. The molecule has 7 heteroatoms. The van der Waals surface area contributed by atoms with Gasteiger partial charge in [0.1, 0.15) is 0 Å². The lowest BCUT2D eigenvalue weighted by atomic mass is 9.87. The van der Waals surface area contributed by atoms with Gasteiger partial charge in [0.15, 0.2) is 5.96 Å². The molecule has 1 aliphatic heterocycles. The van der Waals surface area contributed by atoms with Gasteiger partial charge in [-0.1, -0.05) is 6.92 Å². The van der Waals surface area contributed by atoms with Crippen molar-refractivity contribution in [3.63, 3.8) is 0 Å². The van der Waals surface area contributed by atoms with Gasteiger partial charge < -0.3 is 15.4 Å². The minimum absolute atomic E-state index is 0. The number of aryl methyl sites for hydroxylation is 1. The van der Waals surface area contributed by atoms with Crippen LogP contribution in [0.15, 0.2) is 17.1 Å². The highest BCUT2D eigenvalue weighted by Crippen LogP contribution is 2.28. The lowest BCUT2D eigenvalue weighted by molar-refractivity contribution is 0.0177. The van der Waals surface area contributed by atoms with Gasteiger partial charge >= 0.3 is 0 Å². The van der Waals surface area contributed by atoms with E-state index in [2.05, 4.69) is 46.5 Å². The third kappa shape index (κ3) is 6.87. The van der Waals surface area contributed by atoms with Crippen LogP contribution in [-0.4, -0.2) is 56.8 Å². The zero-order chi connectivity index (χ0) is 18.4. The van der Waals surface area contributed by atoms with E-state index in [-0.39, 0.29) is 24.0 Å². The molecule has 0 spiro atoms. The predicted octanol–water partition coefficient (Wildman–Crippen LogP) is 3.79. The standard InChI is InChI=1S/C20H34N4OS.HI/c1-15-4-7-17(8-5-15)23-20(21-3)22-14-18(19-9-6-16(2)26-19)24-10-12-25-13-11-24;/h6,9,15,17-18H,4-5,7-8,10-14H2,1-3H3,(H2,21,22,23);1H. The van der Waals surface area contributed by atoms with Crippen LogP contribution >= 0.6 is 35.3 Å². The Labute approximate surface area is 185 Å². The summed E-state index contributed by atoms with van der Waals surface area (Å²) in [4.78, 5) is 9.81. The fourth-order valence-corrected chi connectivity index (χ4v) is 4.93. The number of ether oxygens (including phenoxy) is 1. The van der Waals surface area contributed by atoms with Gasteiger partial charge in [0, 0.05) is 42.5 Å². The van der Waals surface area contributed by atoms with Crippen molar-refractivity contribution in [1.29, 1.82) is 0 Å². The molecule has 1 aliphatic carbocycles. The molecule has 27 heavy (non-hydrogen) atoms. The fraction of sp³-hybridized carbons (Fsp3) is 0.750. The molecule has 2 heterocycles. The van der Waals surface area contributed by atoms with Crippen LogP contribution < -0.4 is 10.6 Å². The van der Waals surface area contributed by atoms with Crippen LogP contribution in [0.1, 0.15) is 48.4 Å². The van der Waals surface area contributed by atoms with Crippen LogP contribution in [-0.2, 0) is 4.74 Å². The highest BCUT2D eigenvalue weighted by Gasteiger charge is 2.25. The summed E-state index contributed by atoms with van der Waals surface area (Å²) in [5.74, 6) is 1.81. The van der Waals surface area contributed by atoms with E-state index in [1.807, 2.05) is 18.4 Å². The van der Waals surface area contributed by atoms with Gasteiger partial charge in [-0.15, -0.1) is 35.3 Å². The van der Waals surface area contributed by atoms with Gasteiger partial charge in [-0.25, -0.2) is 0 Å². The molecule has 0 radical (unpaired) electrons. The summed E-state index contributed by atoms with van der Waals surface area (Å²) in [5.41, 5.74) is 0. The average molecular weight is 506 g/mol. The van der Waals surface area contributed by atoms with Crippen LogP contribution in [0.4, 0.5) is 0 Å². The normalized spacial score (nSPS) is 25.5. The Morgan fingerprint density at radius 1 is 1.26 bits per heavy atom. The Bertz CT molecular complexity index is 580. The molecule has 1 aromatic heterocycles. The average Bonchev–Trinajstić information content (AvgIpc) is 3.09. The molecule has 1 saturated carbocycles. The van der Waals surface area contributed by atoms with Crippen molar-refractivity contribution in [3.05, 3.63) is 21.9 Å². The minimum atomic E-state index is 0. The maximum Gasteiger partial charge on any atom is 0.191 e. The minimum Gasteiger partial charge on any atom is -0.379 e. The third-order valence-corrected chi connectivity index (χ3v) is 6.72. The van der Waals surface area contributed by atoms with Crippen LogP contribution in [0.25, 0.3) is 0 Å². The second kappa shape index (κ2) is 11.6. The first-order chi connectivity index (χ1) is 12.7. The number of nitrogens with zero attached hydrogens (tertiary/aromatic N) is 2. The molecule has 2 N–H and O–H groups in total. The third-order valence-electron chi connectivity index (χ3n) is 5.62. The topological polar surface area (TPSA) is 48.9 Å². The van der Waals surface area contributed by atoms with Gasteiger partial charge in [-0.2, -0.15) is 0 Å². The van der Waals surface area contributed by atoms with E-state index in [4.69, 9.17) is 4.74 Å². The maximum absolute atomic E-state index is 5.55. The number of rotatable bonds is 5. The highest BCUT2D eigenvalue weighted by atomic mass is 127. The number of thiophene rings is 1. The molecule has 0 amide bonds. The molecule has 1 atom stereocenters. The van der Waals surface area contributed by atoms with Crippen molar-refractivity contribution < 1.29 is 4.74 Å². The van der Waals surface area contributed by atoms with Crippen molar-refractivity contribution in [2.45, 2.75) is 51.6 Å². The molecule has 2 aliphatic rings. The summed E-state index contributed by atoms with van der Waals surface area (Å²) in [6.07, 6.45) is 5.14. The van der Waals surface area contributed by atoms with Crippen LogP contribution in [0.3, 0.4) is 0 Å². The van der Waals surface area contributed by atoms with Crippen molar-refractivity contribution in [2.75, 3.05) is 39.9 Å². The quantitative estimate of drug-likeness (QED) is 0.363. The van der Waals surface area contributed by atoms with E-state index in [9.17, 15) is 0 Å². The van der Waals surface area contributed by atoms with Crippen molar-refractivity contribution in [2.24, 2.45) is 10.9 Å². The second-order valence-electron chi connectivity index (χ2n) is 7.67. The lowest BCUT2D eigenvalue weighted by Gasteiger charge is -2.35. The molecule has 0 aromatic carbocycles. The predicted molar refractivity (Wildman–Crippen MR) is 126 cm³/mol. The summed E-state index contributed by atoms with van der Waals surface area (Å²) in [5, 5.41) is 7.24. The molecular formula is C20H35IN4OS. The van der Waals surface area contributed by atoms with E-state index in [1.165, 1.54) is 35.4 Å². The number of hydrogen-bond acceptors (Lipinski definition) is 4. The lowest BCUT2D eigenvalue weighted by Crippen LogP contribution is -2.48. The molecule has 1 saturated heterocycles. The summed E-state index contributed by atoms with van der Waals surface area (Å²) in [6, 6.07) is 5.44. The van der Waals surface area contributed by atoms with Gasteiger partial charge in [0.05, 0.1) is 19.3 Å². The Hall–Kier alpha value is -0.380. The Balaban J connectivity index is 0.00000261. The van der Waals surface area contributed by atoms with E-state index in [0.29, 0.717) is 12.1 Å². The van der Waals surface area contributed by atoms with Gasteiger partial charge in [0.2, 0.25) is 0 Å². The van der Waals surface area contributed by atoms with Gasteiger partial charge in [0.25, 0.3) is 0 Å². The first kappa shape index (κ1) is 22.9. The van der Waals surface area contributed by atoms with Crippen LogP contribution in [0.2, 0.25) is 0 Å². The molecule has 3 rings (SSSR count). The molecule has 2 fully saturated rings. The molecule has 1 unspecified atom stereocenters. The second-order valence-corrected chi connectivity index (χ2v) is 8.99. The monoisotopic (exact) mass is 506 g/mol. The van der Waals surface area contributed by atoms with E-state index < -0.39 is 0 Å². The fourth-order valence-electron chi connectivity index (χ4n) is 3.92.